The van der Waals surface area contributed by atoms with E-state index in [0.29, 0.717) is 5.69 Å². The number of rotatable bonds is 5. The Morgan fingerprint density at radius 3 is 2.72 bits per heavy atom. The predicted octanol–water partition coefficient (Wildman–Crippen LogP) is 3.98. The Hall–Kier alpha value is -3.63. The van der Waals surface area contributed by atoms with E-state index in [9.17, 15) is 22.4 Å². The molecule has 0 unspecified atom stereocenters. The van der Waals surface area contributed by atoms with Crippen LogP contribution in [0.3, 0.4) is 0 Å². The van der Waals surface area contributed by atoms with Crippen LogP contribution in [0.1, 0.15) is 27.7 Å². The number of nitrogens with two attached hydrogens (primary N) is 1. The number of carbonyl (C=O) groups is 1. The summed E-state index contributed by atoms with van der Waals surface area (Å²) in [4.78, 5) is 19.6. The van der Waals surface area contributed by atoms with E-state index in [0.717, 1.165) is 6.07 Å². The van der Waals surface area contributed by atoms with Gasteiger partial charge in [0.05, 0.1) is 5.69 Å². The number of hydrogen-bond acceptors (Lipinski definition) is 6. The van der Waals surface area contributed by atoms with E-state index in [4.69, 9.17) is 5.73 Å². The van der Waals surface area contributed by atoms with Crippen LogP contribution in [-0.4, -0.2) is 15.9 Å². The topological polar surface area (TPSA) is 106 Å². The normalized spacial score (nSPS) is 11.3. The van der Waals surface area contributed by atoms with Crippen LogP contribution in [0, 0.1) is 12.7 Å². The fourth-order valence-corrected chi connectivity index (χ4v) is 2.51. The van der Waals surface area contributed by atoms with Crippen molar-refractivity contribution in [3.8, 4) is 0 Å². The Balaban J connectivity index is 1.78. The molecule has 0 atom stereocenters. The first-order valence-corrected chi connectivity index (χ1v) is 8.24. The van der Waals surface area contributed by atoms with Gasteiger partial charge in [-0.3, -0.25) is 4.79 Å². The fourth-order valence-electron chi connectivity index (χ4n) is 2.51. The number of aromatic nitrogens is 2. The number of benzene rings is 1. The molecule has 0 radical (unpaired) electrons. The van der Waals surface area contributed by atoms with Gasteiger partial charge in [-0.1, -0.05) is 0 Å². The van der Waals surface area contributed by atoms with Crippen molar-refractivity contribution in [2.75, 3.05) is 16.4 Å². The summed E-state index contributed by atoms with van der Waals surface area (Å²) in [6.07, 6.45) is -3.38. The molecule has 152 valence electrons. The van der Waals surface area contributed by atoms with Crippen LogP contribution < -0.4 is 16.4 Å². The molecule has 0 aliphatic carbocycles. The number of pyridine rings is 1. The molecular weight excluding hydrogens is 394 g/mol. The van der Waals surface area contributed by atoms with E-state index in [1.54, 1.807) is 12.1 Å². The second kappa shape index (κ2) is 7.78. The smallest absolute Gasteiger partial charge is 0.436 e. The first-order chi connectivity index (χ1) is 13.6. The molecule has 7 nitrogen and oxygen atoms in total. The highest BCUT2D eigenvalue weighted by atomic mass is 19.4. The van der Waals surface area contributed by atoms with Crippen LogP contribution in [0.25, 0.3) is 0 Å². The summed E-state index contributed by atoms with van der Waals surface area (Å²) in [7, 11) is 0. The monoisotopic (exact) mass is 409 g/mol. The van der Waals surface area contributed by atoms with E-state index in [1.165, 1.54) is 25.3 Å². The third-order valence-electron chi connectivity index (χ3n) is 3.82. The maximum atomic E-state index is 14.1. The van der Waals surface area contributed by atoms with Crippen molar-refractivity contribution < 1.29 is 26.8 Å². The summed E-state index contributed by atoms with van der Waals surface area (Å²) >= 11 is 0. The zero-order chi connectivity index (χ0) is 21.2. The van der Waals surface area contributed by atoms with Gasteiger partial charge in [0.25, 0.3) is 5.91 Å². The van der Waals surface area contributed by atoms with Gasteiger partial charge in [0, 0.05) is 30.9 Å². The lowest BCUT2D eigenvalue weighted by atomic mass is 10.1. The Kier molecular flexibility index (Phi) is 5.39. The van der Waals surface area contributed by atoms with Crippen molar-refractivity contribution in [3.63, 3.8) is 0 Å². The fraction of sp³-hybridized carbons (Fsp3) is 0.167. The highest BCUT2D eigenvalue weighted by Crippen LogP contribution is 2.33. The zero-order valence-electron chi connectivity index (χ0n) is 15.0. The molecule has 0 fully saturated rings. The van der Waals surface area contributed by atoms with E-state index < -0.39 is 29.4 Å². The third kappa shape index (κ3) is 4.62. The molecule has 0 spiro atoms. The summed E-state index contributed by atoms with van der Waals surface area (Å²) in [5.41, 5.74) is 5.52. The number of hydrogen-bond donors (Lipinski definition) is 3. The minimum absolute atomic E-state index is 0.00229. The number of amides is 1. The van der Waals surface area contributed by atoms with Crippen LogP contribution in [0.4, 0.5) is 34.8 Å². The molecule has 1 aromatic carbocycles. The number of carbonyl (C=O) groups excluding carboxylic acids is 1. The van der Waals surface area contributed by atoms with Crippen molar-refractivity contribution in [2.24, 2.45) is 0 Å². The highest BCUT2D eigenvalue weighted by Gasteiger charge is 2.41. The van der Waals surface area contributed by atoms with Crippen molar-refractivity contribution in [1.29, 1.82) is 0 Å². The average Bonchev–Trinajstić information content (AvgIpc) is 3.06. The lowest BCUT2D eigenvalue weighted by Gasteiger charge is -2.11. The maximum absolute atomic E-state index is 14.1. The minimum Gasteiger partial charge on any atom is -0.436 e. The van der Waals surface area contributed by atoms with Crippen molar-refractivity contribution >= 4 is 23.1 Å². The predicted molar refractivity (Wildman–Crippen MR) is 96.6 cm³/mol. The molecule has 0 saturated heterocycles. The number of alkyl halides is 3. The van der Waals surface area contributed by atoms with Gasteiger partial charge in [-0.05, 0) is 30.3 Å². The molecular formula is C18H15F4N5O2. The molecule has 0 aliphatic rings. The van der Waals surface area contributed by atoms with Gasteiger partial charge >= 0.3 is 6.18 Å². The Labute approximate surface area is 162 Å². The van der Waals surface area contributed by atoms with Gasteiger partial charge in [0.2, 0.25) is 5.76 Å². The van der Waals surface area contributed by atoms with Gasteiger partial charge in [0.15, 0.2) is 11.6 Å². The highest BCUT2D eigenvalue weighted by molar-refractivity contribution is 6.03. The van der Waals surface area contributed by atoms with Gasteiger partial charge in [-0.15, -0.1) is 0 Å². The third-order valence-corrected chi connectivity index (χ3v) is 3.82. The van der Waals surface area contributed by atoms with Crippen LogP contribution >= 0.6 is 0 Å². The Bertz CT molecular complexity index is 1050. The van der Waals surface area contributed by atoms with Crippen molar-refractivity contribution in [2.45, 2.75) is 19.6 Å². The first kappa shape index (κ1) is 20.1. The Morgan fingerprint density at radius 1 is 1.28 bits per heavy atom. The van der Waals surface area contributed by atoms with Crippen molar-refractivity contribution in [1.82, 2.24) is 9.97 Å². The number of oxazole rings is 1. The van der Waals surface area contributed by atoms with E-state index in [-0.39, 0.29) is 29.5 Å². The van der Waals surface area contributed by atoms with E-state index in [2.05, 4.69) is 25.0 Å². The molecule has 0 bridgehead atoms. The molecule has 0 aliphatic heterocycles. The largest absolute Gasteiger partial charge is 0.452 e. The number of nitrogens with one attached hydrogen (secondary N) is 2. The van der Waals surface area contributed by atoms with Crippen LogP contribution in [0.2, 0.25) is 0 Å². The molecule has 11 heteroatoms. The SMILES string of the molecule is Cc1nc(C(=O)Nc2ccc(F)c(CNc3cccnc3N)c2)c(C(F)(F)F)o1. The molecule has 3 rings (SSSR count). The van der Waals surface area contributed by atoms with Crippen LogP contribution in [0.15, 0.2) is 40.9 Å². The summed E-state index contributed by atoms with van der Waals surface area (Å²) in [5, 5.41) is 5.17. The van der Waals surface area contributed by atoms with E-state index >= 15 is 0 Å². The molecule has 1 amide bonds. The van der Waals surface area contributed by atoms with Crippen molar-refractivity contribution in [3.05, 3.63) is 65.3 Å². The lowest BCUT2D eigenvalue weighted by Crippen LogP contribution is -2.18. The molecule has 2 heterocycles. The number of anilines is 3. The number of nitrogen functional groups attached to an aromatic ring is 1. The number of halogens is 4. The second-order valence-corrected chi connectivity index (χ2v) is 5.96. The maximum Gasteiger partial charge on any atom is 0.452 e. The van der Waals surface area contributed by atoms with Gasteiger partial charge in [-0.25, -0.2) is 14.4 Å². The number of nitrogens with zero attached hydrogens (tertiary/aromatic N) is 2. The lowest BCUT2D eigenvalue weighted by molar-refractivity contribution is -0.153. The van der Waals surface area contributed by atoms with E-state index in [1.807, 2.05) is 0 Å². The average molecular weight is 409 g/mol. The summed E-state index contributed by atoms with van der Waals surface area (Å²) < 4.78 is 57.5. The quantitative estimate of drug-likeness (QED) is 0.551. The summed E-state index contributed by atoms with van der Waals surface area (Å²) in [6.45, 7) is 1.19. The summed E-state index contributed by atoms with van der Waals surface area (Å²) in [6, 6.07) is 6.88. The number of aryl methyl sites for hydroxylation is 1. The van der Waals surface area contributed by atoms with Crippen LogP contribution in [-0.2, 0) is 12.7 Å². The van der Waals surface area contributed by atoms with Crippen LogP contribution in [0.5, 0.6) is 0 Å². The zero-order valence-corrected chi connectivity index (χ0v) is 15.0. The standard InChI is InChI=1S/C18H15F4N5O2/c1-9-26-14(15(29-9)18(20,21)22)17(28)27-11-4-5-12(19)10(7-11)8-25-13-3-2-6-24-16(13)23/h2-7,25H,8H2,1H3,(H2,23,24)(H,27,28). The first-order valence-electron chi connectivity index (χ1n) is 8.24. The van der Waals surface area contributed by atoms with Gasteiger partial charge < -0.3 is 20.8 Å². The molecule has 29 heavy (non-hydrogen) atoms. The van der Waals surface area contributed by atoms with Gasteiger partial charge in [0.1, 0.15) is 11.6 Å². The molecule has 3 aromatic rings. The molecule has 0 saturated carbocycles. The van der Waals surface area contributed by atoms with Gasteiger partial charge in [-0.2, -0.15) is 13.2 Å². The second-order valence-electron chi connectivity index (χ2n) is 5.96. The Morgan fingerprint density at radius 2 is 2.03 bits per heavy atom. The minimum atomic E-state index is -4.88. The molecule has 2 aromatic heterocycles. The molecule has 4 N–H and O–H groups in total. The summed E-state index contributed by atoms with van der Waals surface area (Å²) in [5.74, 6) is -3.29.